The molecule has 2 N–H and O–H groups in total. The van der Waals surface area contributed by atoms with E-state index < -0.39 is 11.4 Å². The summed E-state index contributed by atoms with van der Waals surface area (Å²) in [5.74, 6) is -0.702. The molecule has 1 saturated heterocycles. The monoisotopic (exact) mass is 342 g/mol. The smallest absolute Gasteiger partial charge is 0.231 e. The summed E-state index contributed by atoms with van der Waals surface area (Å²) in [5.41, 5.74) is 0.515. The molecule has 0 aliphatic carbocycles. The van der Waals surface area contributed by atoms with Crippen LogP contribution in [-0.4, -0.2) is 23.8 Å². The van der Waals surface area contributed by atoms with Gasteiger partial charge in [-0.1, -0.05) is 12.1 Å². The maximum Gasteiger partial charge on any atom is 0.231 e. The Balaban J connectivity index is 2.03. The number of hydrogen-bond donors (Lipinski definition) is 2. The summed E-state index contributed by atoms with van der Waals surface area (Å²) in [5, 5.41) is 21.5. The Hall–Kier alpha value is -2.72. The van der Waals surface area contributed by atoms with Gasteiger partial charge in [0.25, 0.3) is 0 Å². The van der Waals surface area contributed by atoms with Crippen LogP contribution in [-0.2, 0) is 10.3 Å². The number of carbonyl (C=O) groups excluding carboxylic acids is 1. The highest BCUT2D eigenvalue weighted by Gasteiger charge is 2.41. The Morgan fingerprint density at radius 1 is 1.50 bits per heavy atom. The summed E-state index contributed by atoms with van der Waals surface area (Å²) in [6.45, 7) is 1.72. The fourth-order valence-electron chi connectivity index (χ4n) is 2.74. The second-order valence-electron chi connectivity index (χ2n) is 5.92. The van der Waals surface area contributed by atoms with E-state index in [1.54, 1.807) is 36.6 Å². The number of thiophene rings is 1. The van der Waals surface area contributed by atoms with E-state index in [0.29, 0.717) is 21.6 Å². The molecular formula is C17H15FN4OS. The summed E-state index contributed by atoms with van der Waals surface area (Å²) in [4.78, 5) is 13.6. The van der Waals surface area contributed by atoms with Crippen LogP contribution in [0.4, 0.5) is 4.39 Å². The Labute approximate surface area is 142 Å². The van der Waals surface area contributed by atoms with Gasteiger partial charge in [-0.2, -0.15) is 5.26 Å². The number of amides is 1. The van der Waals surface area contributed by atoms with Gasteiger partial charge in [0, 0.05) is 18.0 Å². The van der Waals surface area contributed by atoms with Gasteiger partial charge in [-0.15, -0.1) is 11.3 Å². The lowest BCUT2D eigenvalue weighted by Crippen LogP contribution is -2.58. The average molecular weight is 342 g/mol. The molecular weight excluding hydrogens is 327 g/mol. The van der Waals surface area contributed by atoms with Crippen LogP contribution in [0.3, 0.4) is 0 Å². The van der Waals surface area contributed by atoms with Crippen molar-refractivity contribution < 1.29 is 9.18 Å². The first kappa shape index (κ1) is 16.1. The molecule has 0 unspecified atom stereocenters. The van der Waals surface area contributed by atoms with E-state index in [-0.39, 0.29) is 18.3 Å². The molecule has 5 nitrogen and oxygen atoms in total. The van der Waals surface area contributed by atoms with Crippen LogP contribution in [0.5, 0.6) is 0 Å². The van der Waals surface area contributed by atoms with Crippen LogP contribution in [0.25, 0.3) is 11.1 Å². The maximum absolute atomic E-state index is 15.0. The Kier molecular flexibility index (Phi) is 3.85. The van der Waals surface area contributed by atoms with Crippen molar-refractivity contribution in [2.24, 2.45) is 0 Å². The van der Waals surface area contributed by atoms with Crippen molar-refractivity contribution in [3.63, 3.8) is 0 Å². The molecule has 0 spiro atoms. The lowest BCUT2D eigenvalue weighted by atomic mass is 9.91. The fourth-order valence-corrected chi connectivity index (χ4v) is 3.81. The molecule has 1 fully saturated rings. The van der Waals surface area contributed by atoms with Gasteiger partial charge < -0.3 is 5.32 Å². The lowest BCUT2D eigenvalue weighted by Gasteiger charge is -2.38. The fraction of sp³-hybridized carbons (Fsp3) is 0.235. The number of nitrogens with one attached hydrogen (secondary N) is 2. The molecule has 3 rings (SSSR count). The summed E-state index contributed by atoms with van der Waals surface area (Å²) >= 11 is 1.21. The van der Waals surface area contributed by atoms with Crippen molar-refractivity contribution in [3.8, 4) is 17.2 Å². The Bertz CT molecular complexity index is 865. The molecule has 122 valence electrons. The van der Waals surface area contributed by atoms with Crippen LogP contribution in [0.15, 0.2) is 29.6 Å². The van der Waals surface area contributed by atoms with E-state index in [1.165, 1.54) is 23.3 Å². The highest BCUT2D eigenvalue weighted by molar-refractivity contribution is 7.10. The number of guanidine groups is 1. The molecule has 1 aromatic heterocycles. The van der Waals surface area contributed by atoms with Crippen LogP contribution in [0.2, 0.25) is 0 Å². The number of benzene rings is 1. The predicted octanol–water partition coefficient (Wildman–Crippen LogP) is 3.03. The minimum atomic E-state index is -0.958. The zero-order valence-corrected chi connectivity index (χ0v) is 14.0. The van der Waals surface area contributed by atoms with Crippen LogP contribution < -0.4 is 5.32 Å². The minimum Gasteiger partial charge on any atom is -0.345 e. The summed E-state index contributed by atoms with van der Waals surface area (Å²) < 4.78 is 15.0. The second kappa shape index (κ2) is 5.73. The molecule has 1 amide bonds. The van der Waals surface area contributed by atoms with Gasteiger partial charge >= 0.3 is 0 Å². The van der Waals surface area contributed by atoms with E-state index >= 15 is 4.39 Å². The zero-order chi connectivity index (χ0) is 17.5. The Morgan fingerprint density at radius 2 is 2.25 bits per heavy atom. The molecule has 0 saturated carbocycles. The average Bonchev–Trinajstić information content (AvgIpc) is 2.95. The first-order chi connectivity index (χ1) is 11.4. The molecule has 2 aromatic rings. The SMILES string of the molecule is CN1C(=N)N[C@](C)(c2scc(-c3cccc(C#N)c3)c2F)CC1=O. The topological polar surface area (TPSA) is 80.0 Å². The van der Waals surface area contributed by atoms with Crippen molar-refractivity contribution in [3.05, 3.63) is 45.9 Å². The van der Waals surface area contributed by atoms with Crippen molar-refractivity contribution in [2.75, 3.05) is 7.05 Å². The number of nitrogens with zero attached hydrogens (tertiary/aromatic N) is 2. The lowest BCUT2D eigenvalue weighted by molar-refractivity contribution is -0.129. The van der Waals surface area contributed by atoms with E-state index in [2.05, 4.69) is 5.32 Å². The summed E-state index contributed by atoms with van der Waals surface area (Å²) in [7, 11) is 1.51. The van der Waals surface area contributed by atoms with Gasteiger partial charge in [0.15, 0.2) is 5.96 Å². The quantitative estimate of drug-likeness (QED) is 0.880. The van der Waals surface area contributed by atoms with Gasteiger partial charge in [-0.05, 0) is 24.6 Å². The molecule has 1 aromatic carbocycles. The van der Waals surface area contributed by atoms with Crippen molar-refractivity contribution in [2.45, 2.75) is 18.9 Å². The number of nitriles is 1. The third-order valence-corrected chi connectivity index (χ3v) is 5.36. The number of hydrogen-bond acceptors (Lipinski definition) is 4. The van der Waals surface area contributed by atoms with Gasteiger partial charge in [-0.3, -0.25) is 15.1 Å². The molecule has 24 heavy (non-hydrogen) atoms. The first-order valence-electron chi connectivity index (χ1n) is 7.27. The van der Waals surface area contributed by atoms with E-state index in [1.807, 2.05) is 6.07 Å². The molecule has 7 heteroatoms. The van der Waals surface area contributed by atoms with Crippen molar-refractivity contribution >= 4 is 23.2 Å². The molecule has 0 radical (unpaired) electrons. The molecule has 1 atom stereocenters. The number of carbonyl (C=O) groups is 1. The van der Waals surface area contributed by atoms with E-state index in [4.69, 9.17) is 10.7 Å². The van der Waals surface area contributed by atoms with Gasteiger partial charge in [-0.25, -0.2) is 4.39 Å². The van der Waals surface area contributed by atoms with E-state index in [0.717, 1.165) is 0 Å². The Morgan fingerprint density at radius 3 is 2.92 bits per heavy atom. The molecule has 1 aliphatic heterocycles. The summed E-state index contributed by atoms with van der Waals surface area (Å²) in [6.07, 6.45) is 0.0704. The summed E-state index contributed by atoms with van der Waals surface area (Å²) in [6, 6.07) is 8.78. The van der Waals surface area contributed by atoms with Crippen LogP contribution in [0.1, 0.15) is 23.8 Å². The van der Waals surface area contributed by atoms with Crippen LogP contribution in [0, 0.1) is 22.6 Å². The van der Waals surface area contributed by atoms with Gasteiger partial charge in [0.05, 0.1) is 28.5 Å². The normalized spacial score (nSPS) is 20.7. The largest absolute Gasteiger partial charge is 0.345 e. The highest BCUT2D eigenvalue weighted by atomic mass is 32.1. The van der Waals surface area contributed by atoms with Crippen molar-refractivity contribution in [1.82, 2.24) is 10.2 Å². The number of halogens is 1. The molecule has 0 bridgehead atoms. The van der Waals surface area contributed by atoms with Gasteiger partial charge in [0.2, 0.25) is 5.91 Å². The standard InChI is InChI=1S/C17H15FN4OS/c1-17(7-13(23)22(2)16(20)21-17)15-14(18)12(9-24-15)11-5-3-4-10(6-11)8-19/h3-6,9H,7H2,1-2H3,(H2,20,21)/t17-/m0/s1. The highest BCUT2D eigenvalue weighted by Crippen LogP contribution is 2.39. The zero-order valence-electron chi connectivity index (χ0n) is 13.2. The van der Waals surface area contributed by atoms with Crippen LogP contribution >= 0.6 is 11.3 Å². The maximum atomic E-state index is 15.0. The molecule has 2 heterocycles. The van der Waals surface area contributed by atoms with Crippen molar-refractivity contribution in [1.29, 1.82) is 10.7 Å². The number of rotatable bonds is 2. The predicted molar refractivity (Wildman–Crippen MR) is 90.0 cm³/mol. The third-order valence-electron chi connectivity index (χ3n) is 4.14. The van der Waals surface area contributed by atoms with E-state index in [9.17, 15) is 4.79 Å². The van der Waals surface area contributed by atoms with Gasteiger partial charge in [0.1, 0.15) is 5.82 Å². The second-order valence-corrected chi connectivity index (χ2v) is 6.80. The molecule has 1 aliphatic rings. The first-order valence-corrected chi connectivity index (χ1v) is 8.15. The third kappa shape index (κ3) is 2.55. The minimum absolute atomic E-state index is 0.0467.